The van der Waals surface area contributed by atoms with Gasteiger partial charge in [0.2, 0.25) is 0 Å². The number of nitrogens with two attached hydrogens (primary N) is 1. The van der Waals surface area contributed by atoms with Gasteiger partial charge in [-0.25, -0.2) is 0 Å². The third-order valence-corrected chi connectivity index (χ3v) is 8.35. The minimum atomic E-state index is -0.173. The van der Waals surface area contributed by atoms with Gasteiger partial charge in [-0.3, -0.25) is 4.79 Å². The van der Waals surface area contributed by atoms with Crippen molar-refractivity contribution in [3.05, 3.63) is 124 Å². The van der Waals surface area contributed by atoms with Crippen molar-refractivity contribution in [2.75, 3.05) is 43.1 Å². The zero-order chi connectivity index (χ0) is 31.9. The summed E-state index contributed by atoms with van der Waals surface area (Å²) in [5, 5.41) is 4.07. The molecular weight excluding hydrogens is 584 g/mol. The Morgan fingerprint density at radius 2 is 1.76 bits per heavy atom. The zero-order valence-electron chi connectivity index (χ0n) is 26.4. The van der Waals surface area contributed by atoms with Crippen LogP contribution in [0.5, 0.6) is 0 Å². The molecule has 0 aliphatic carbocycles. The summed E-state index contributed by atoms with van der Waals surface area (Å²) in [5.41, 5.74) is 13.8. The van der Waals surface area contributed by atoms with Crippen molar-refractivity contribution in [3.63, 3.8) is 0 Å². The highest BCUT2D eigenvalue weighted by Gasteiger charge is 2.32. The molecule has 0 saturated carbocycles. The molecule has 0 atom stereocenters. The minimum absolute atomic E-state index is 0.173. The van der Waals surface area contributed by atoms with Crippen LogP contribution in [-0.4, -0.2) is 39.2 Å². The van der Waals surface area contributed by atoms with E-state index in [1.807, 2.05) is 86.3 Å². The number of nitrogens with zero attached hydrogens (tertiary/aromatic N) is 2. The van der Waals surface area contributed by atoms with Crippen LogP contribution < -0.4 is 20.9 Å². The maximum Gasteiger partial charge on any atom is 0.294 e. The number of carbonyl (C=O) groups excluding carboxylic acids is 1. The Bertz CT molecular complexity index is 1700. The van der Waals surface area contributed by atoms with Gasteiger partial charge in [-0.1, -0.05) is 55.8 Å². The lowest BCUT2D eigenvalue weighted by atomic mass is 9.98. The first-order chi connectivity index (χ1) is 21.9. The van der Waals surface area contributed by atoms with E-state index in [4.69, 9.17) is 26.5 Å². The number of rotatable bonds is 7. The van der Waals surface area contributed by atoms with Gasteiger partial charge in [-0.15, -0.1) is 0 Å². The summed E-state index contributed by atoms with van der Waals surface area (Å²) in [4.78, 5) is 18.6. The van der Waals surface area contributed by atoms with E-state index in [2.05, 4.69) is 28.4 Å². The third-order valence-electron chi connectivity index (χ3n) is 8.10. The van der Waals surface area contributed by atoms with Crippen molar-refractivity contribution in [2.45, 2.75) is 33.7 Å². The van der Waals surface area contributed by atoms with Crippen LogP contribution in [0, 0.1) is 0 Å². The zero-order valence-corrected chi connectivity index (χ0v) is 27.2. The molecule has 6 rings (SSSR count). The molecule has 0 unspecified atom stereocenters. The lowest BCUT2D eigenvalue weighted by Gasteiger charge is -2.31. The fraction of sp³-hybridized carbons (Fsp3) is 0.270. The van der Waals surface area contributed by atoms with E-state index < -0.39 is 0 Å². The molecule has 2 aliphatic rings. The van der Waals surface area contributed by atoms with Gasteiger partial charge in [0.1, 0.15) is 5.76 Å². The molecule has 3 aromatic carbocycles. The highest BCUT2D eigenvalue weighted by molar-refractivity contribution is 6.30. The van der Waals surface area contributed by atoms with Crippen LogP contribution in [0.1, 0.15) is 53.6 Å². The molecule has 3 N–H and O–H groups in total. The average molecular weight is 625 g/mol. The summed E-state index contributed by atoms with van der Waals surface area (Å²) in [6, 6.07) is 24.0. The Balaban J connectivity index is 0.00000196. The summed E-state index contributed by atoms with van der Waals surface area (Å²) >= 11 is 6.14. The number of fused-ring (bicyclic) bond motifs is 2. The summed E-state index contributed by atoms with van der Waals surface area (Å²) in [6.45, 7) is 10.1. The minimum Gasteiger partial charge on any atom is -0.483 e. The number of furan rings is 1. The van der Waals surface area contributed by atoms with Crippen molar-refractivity contribution in [1.82, 2.24) is 5.32 Å². The molecule has 0 radical (unpaired) electrons. The molecule has 4 aromatic rings. The molecule has 8 heteroatoms. The van der Waals surface area contributed by atoms with Gasteiger partial charge in [0.05, 0.1) is 13.7 Å². The van der Waals surface area contributed by atoms with E-state index in [0.717, 1.165) is 70.9 Å². The molecule has 1 fully saturated rings. The number of halogens is 1. The van der Waals surface area contributed by atoms with Crippen molar-refractivity contribution >= 4 is 34.5 Å². The second-order valence-corrected chi connectivity index (χ2v) is 11.2. The Morgan fingerprint density at radius 1 is 1.02 bits per heavy atom. The first-order valence-electron chi connectivity index (χ1n) is 15.5. The number of anilines is 2. The highest BCUT2D eigenvalue weighted by atomic mass is 35.5. The number of nitrogens with one attached hydrogen (secondary N) is 1. The molecule has 0 bridgehead atoms. The van der Waals surface area contributed by atoms with Gasteiger partial charge in [-0.2, -0.15) is 0 Å². The van der Waals surface area contributed by atoms with Gasteiger partial charge in [-0.05, 0) is 77.7 Å². The number of allylic oxidation sites excluding steroid dienone is 3. The molecule has 1 aromatic heterocycles. The number of ether oxygens (including phenoxy) is 1. The van der Waals surface area contributed by atoms with Crippen LogP contribution >= 0.6 is 11.6 Å². The number of piperazine rings is 1. The van der Waals surface area contributed by atoms with E-state index in [-0.39, 0.29) is 5.91 Å². The molecular formula is C37H41ClN4O3. The number of hydrogen-bond acceptors (Lipinski definition) is 6. The van der Waals surface area contributed by atoms with E-state index in [1.54, 1.807) is 13.2 Å². The quantitative estimate of drug-likeness (QED) is 0.162. The predicted octanol–water partition coefficient (Wildman–Crippen LogP) is 7.64. The van der Waals surface area contributed by atoms with Crippen molar-refractivity contribution in [1.29, 1.82) is 0 Å². The van der Waals surface area contributed by atoms with Gasteiger partial charge in [0, 0.05) is 66.2 Å². The standard InChI is InChI=1S/C35H35ClN4O3.C2H6/c1-3-23(21-33(37)42-2)30-7-5-4-6-25(30)22-40-31-13-12-29(39-16-14-38-15-17-39)19-26(31)18-27-20-32(43-34(27)35(40)41)24-8-10-28(36)11-9-24;1-2/h3-13,19-21,38H,14-18,22,37H2,1-2H3;1-2H3/b23-3+,33-21+;. The maximum atomic E-state index is 14.4. The summed E-state index contributed by atoms with van der Waals surface area (Å²) in [7, 11) is 1.55. The van der Waals surface area contributed by atoms with Crippen molar-refractivity contribution in [3.8, 4) is 11.3 Å². The van der Waals surface area contributed by atoms with Crippen LogP contribution in [0.3, 0.4) is 0 Å². The van der Waals surface area contributed by atoms with Crippen LogP contribution in [0.2, 0.25) is 5.02 Å². The predicted molar refractivity (Wildman–Crippen MR) is 185 cm³/mol. The Kier molecular flexibility index (Phi) is 10.3. The van der Waals surface area contributed by atoms with Crippen LogP contribution in [-0.2, 0) is 17.7 Å². The third kappa shape index (κ3) is 6.95. The first kappa shape index (κ1) is 31.9. The number of benzene rings is 3. The summed E-state index contributed by atoms with van der Waals surface area (Å²) < 4.78 is 11.6. The fourth-order valence-corrected chi connectivity index (χ4v) is 5.95. The van der Waals surface area contributed by atoms with E-state index in [0.29, 0.717) is 35.4 Å². The van der Waals surface area contributed by atoms with Crippen LogP contribution in [0.25, 0.3) is 16.9 Å². The highest BCUT2D eigenvalue weighted by Crippen LogP contribution is 2.38. The smallest absolute Gasteiger partial charge is 0.294 e. The average Bonchev–Trinajstić information content (AvgIpc) is 3.47. The first-order valence-corrected chi connectivity index (χ1v) is 15.9. The lowest BCUT2D eigenvalue weighted by molar-refractivity contribution is 0.0959. The molecule has 45 heavy (non-hydrogen) atoms. The molecule has 1 saturated heterocycles. The maximum absolute atomic E-state index is 14.4. The number of hydrogen-bond donors (Lipinski definition) is 2. The molecule has 0 spiro atoms. The second-order valence-electron chi connectivity index (χ2n) is 10.7. The van der Waals surface area contributed by atoms with Gasteiger partial charge in [0.25, 0.3) is 5.91 Å². The Labute approximate surface area is 270 Å². The molecule has 3 heterocycles. The largest absolute Gasteiger partial charge is 0.483 e. The molecule has 7 nitrogen and oxygen atoms in total. The van der Waals surface area contributed by atoms with Gasteiger partial charge in [0.15, 0.2) is 11.6 Å². The lowest BCUT2D eigenvalue weighted by Crippen LogP contribution is -2.43. The SMILES string of the molecule is C/C=C(\C=C(/N)OC)c1ccccc1CN1C(=O)c2oc(-c3ccc(Cl)cc3)cc2Cc2cc(N3CCNCC3)ccc21.CC. The summed E-state index contributed by atoms with van der Waals surface area (Å²) in [5.74, 6) is 1.15. The van der Waals surface area contributed by atoms with Crippen LogP contribution in [0.4, 0.5) is 11.4 Å². The fourth-order valence-electron chi connectivity index (χ4n) is 5.83. The Hall–Kier alpha value is -4.46. The number of methoxy groups -OCH3 is 1. The van der Waals surface area contributed by atoms with Gasteiger partial charge < -0.3 is 30.0 Å². The van der Waals surface area contributed by atoms with Crippen molar-refractivity contribution in [2.24, 2.45) is 5.73 Å². The molecule has 1 amide bonds. The van der Waals surface area contributed by atoms with Crippen molar-refractivity contribution < 1.29 is 13.9 Å². The van der Waals surface area contributed by atoms with E-state index in [9.17, 15) is 4.79 Å². The number of amides is 1. The summed E-state index contributed by atoms with van der Waals surface area (Å²) in [6.07, 6.45) is 4.38. The van der Waals surface area contributed by atoms with Crippen LogP contribution in [0.15, 0.2) is 95.2 Å². The van der Waals surface area contributed by atoms with E-state index >= 15 is 0 Å². The monoisotopic (exact) mass is 624 g/mol. The topological polar surface area (TPSA) is 84.0 Å². The second kappa shape index (κ2) is 14.5. The van der Waals surface area contributed by atoms with E-state index in [1.165, 1.54) is 0 Å². The normalized spacial score (nSPS) is 15.1. The number of carbonyl (C=O) groups is 1. The van der Waals surface area contributed by atoms with Gasteiger partial charge >= 0.3 is 0 Å². The molecule has 2 aliphatic heterocycles. The molecule has 234 valence electrons. The Morgan fingerprint density at radius 3 is 2.47 bits per heavy atom.